The van der Waals surface area contributed by atoms with E-state index in [1.807, 2.05) is 42.5 Å². The monoisotopic (exact) mass is 397 g/mol. The molecule has 29 heavy (non-hydrogen) atoms. The highest BCUT2D eigenvalue weighted by molar-refractivity contribution is 5.80. The second-order valence-corrected chi connectivity index (χ2v) is 7.11. The van der Waals surface area contributed by atoms with Crippen LogP contribution in [0.5, 0.6) is 17.2 Å². The number of nitrogens with zero attached hydrogens (tertiary/aromatic N) is 2. The zero-order valence-corrected chi connectivity index (χ0v) is 17.3. The van der Waals surface area contributed by atoms with Crippen LogP contribution in [0.1, 0.15) is 25.3 Å². The van der Waals surface area contributed by atoms with E-state index in [4.69, 9.17) is 14.5 Å². The number of likely N-dealkylation sites (tertiary alicyclic amines) is 1. The first kappa shape index (κ1) is 20.8. The van der Waals surface area contributed by atoms with E-state index in [2.05, 4.69) is 17.1 Å². The van der Waals surface area contributed by atoms with E-state index in [-0.39, 0.29) is 11.9 Å². The molecule has 6 nitrogen and oxygen atoms in total. The zero-order valence-electron chi connectivity index (χ0n) is 17.3. The molecule has 0 bridgehead atoms. The number of phenols is 1. The average molecular weight is 398 g/mol. The third-order valence-corrected chi connectivity index (χ3v) is 5.03. The molecule has 0 aromatic heterocycles. The van der Waals surface area contributed by atoms with E-state index in [0.717, 1.165) is 56.2 Å². The number of nitrogens with one attached hydrogen (secondary N) is 1. The summed E-state index contributed by atoms with van der Waals surface area (Å²) in [5.41, 5.74) is 1.09. The van der Waals surface area contributed by atoms with E-state index in [9.17, 15) is 5.11 Å². The molecule has 1 saturated heterocycles. The van der Waals surface area contributed by atoms with Crippen molar-refractivity contribution in [1.29, 1.82) is 0 Å². The lowest BCUT2D eigenvalue weighted by molar-refractivity contribution is 0.129. The first-order chi connectivity index (χ1) is 14.2. The number of rotatable bonds is 7. The number of aromatic hydroxyl groups is 1. The maximum Gasteiger partial charge on any atom is 0.193 e. The number of phenolic OH excluding ortho intramolecular Hbond substituents is 1. The molecule has 1 aliphatic heterocycles. The Bertz CT molecular complexity index is 787. The van der Waals surface area contributed by atoms with Crippen molar-refractivity contribution in [2.24, 2.45) is 4.99 Å². The van der Waals surface area contributed by atoms with Crippen LogP contribution < -0.4 is 14.8 Å². The molecule has 0 unspecified atom stereocenters. The van der Waals surface area contributed by atoms with Gasteiger partial charge in [0, 0.05) is 39.0 Å². The lowest BCUT2D eigenvalue weighted by Crippen LogP contribution is -2.47. The van der Waals surface area contributed by atoms with Gasteiger partial charge in [-0.05, 0) is 43.2 Å². The maximum absolute atomic E-state index is 9.72. The van der Waals surface area contributed by atoms with E-state index in [0.29, 0.717) is 12.3 Å². The van der Waals surface area contributed by atoms with Gasteiger partial charge in [-0.1, -0.05) is 24.3 Å². The van der Waals surface area contributed by atoms with Gasteiger partial charge in [0.2, 0.25) is 0 Å². The predicted molar refractivity (Wildman–Crippen MR) is 116 cm³/mol. The lowest BCUT2D eigenvalue weighted by Gasteiger charge is -2.34. The summed E-state index contributed by atoms with van der Waals surface area (Å²) < 4.78 is 11.3. The largest absolute Gasteiger partial charge is 0.504 e. The van der Waals surface area contributed by atoms with Gasteiger partial charge in [0.15, 0.2) is 17.5 Å². The number of aliphatic imine (C=N–C) groups is 1. The Morgan fingerprint density at radius 3 is 2.62 bits per heavy atom. The summed E-state index contributed by atoms with van der Waals surface area (Å²) in [6.45, 7) is 5.46. The molecule has 0 aliphatic carbocycles. The summed E-state index contributed by atoms with van der Waals surface area (Å²) in [7, 11) is 1.56. The van der Waals surface area contributed by atoms with E-state index in [1.165, 1.54) is 0 Å². The molecule has 1 aliphatic rings. The molecule has 2 aromatic carbocycles. The second kappa shape index (κ2) is 10.6. The smallest absolute Gasteiger partial charge is 0.193 e. The van der Waals surface area contributed by atoms with Gasteiger partial charge < -0.3 is 24.8 Å². The maximum atomic E-state index is 9.72. The van der Waals surface area contributed by atoms with Gasteiger partial charge in [0.1, 0.15) is 11.9 Å². The molecule has 0 atom stereocenters. The van der Waals surface area contributed by atoms with Crippen LogP contribution >= 0.6 is 0 Å². The van der Waals surface area contributed by atoms with Crippen LogP contribution in [0.25, 0.3) is 0 Å². The minimum Gasteiger partial charge on any atom is -0.504 e. The molecule has 1 fully saturated rings. The molecular formula is C23H31N3O3. The van der Waals surface area contributed by atoms with Crippen molar-refractivity contribution in [3.8, 4) is 17.2 Å². The Hall–Kier alpha value is -2.89. The molecule has 1 heterocycles. The topological polar surface area (TPSA) is 66.3 Å². The highest BCUT2D eigenvalue weighted by Crippen LogP contribution is 2.26. The zero-order chi connectivity index (χ0) is 20.5. The molecule has 0 saturated carbocycles. The molecule has 3 rings (SSSR count). The molecule has 2 aromatic rings. The summed E-state index contributed by atoms with van der Waals surface area (Å²) in [4.78, 5) is 7.12. The summed E-state index contributed by atoms with van der Waals surface area (Å²) in [6.07, 6.45) is 3.00. The molecule has 0 spiro atoms. The number of piperidine rings is 1. The van der Waals surface area contributed by atoms with Crippen molar-refractivity contribution in [2.75, 3.05) is 33.3 Å². The molecule has 0 amide bonds. The number of hydrogen-bond donors (Lipinski definition) is 2. The normalized spacial score (nSPS) is 15.2. The fraction of sp³-hybridized carbons (Fsp3) is 0.435. The first-order valence-electron chi connectivity index (χ1n) is 10.3. The first-order valence-corrected chi connectivity index (χ1v) is 10.3. The third-order valence-electron chi connectivity index (χ3n) is 5.03. The highest BCUT2D eigenvalue weighted by atomic mass is 16.5. The van der Waals surface area contributed by atoms with Gasteiger partial charge in [-0.3, -0.25) is 4.99 Å². The van der Waals surface area contributed by atoms with E-state index < -0.39 is 0 Å². The number of benzene rings is 2. The Morgan fingerprint density at radius 1 is 1.17 bits per heavy atom. The van der Waals surface area contributed by atoms with Gasteiger partial charge in [0.05, 0.1) is 7.11 Å². The predicted octanol–water partition coefficient (Wildman–Crippen LogP) is 3.45. The fourth-order valence-corrected chi connectivity index (χ4v) is 3.47. The molecule has 2 N–H and O–H groups in total. The van der Waals surface area contributed by atoms with Crippen LogP contribution in [0.2, 0.25) is 0 Å². The van der Waals surface area contributed by atoms with Gasteiger partial charge in [0.25, 0.3) is 0 Å². The molecule has 6 heteroatoms. The minimum atomic E-state index is 0.161. The van der Waals surface area contributed by atoms with Crippen molar-refractivity contribution in [3.05, 3.63) is 54.1 Å². The number of para-hydroxylation sites is 1. The van der Waals surface area contributed by atoms with Gasteiger partial charge in [-0.2, -0.15) is 0 Å². The van der Waals surface area contributed by atoms with Crippen LogP contribution in [-0.4, -0.2) is 55.4 Å². The number of methoxy groups -OCH3 is 1. The third kappa shape index (κ3) is 6.04. The standard InChI is InChI=1S/C23H31N3O3/c1-3-24-23(25-14-11-18-9-10-21(27)22(17-18)28-2)26-15-12-20(13-16-26)29-19-7-5-4-6-8-19/h4-10,17,20,27H,3,11-16H2,1-2H3,(H,24,25). The van der Waals surface area contributed by atoms with Crippen LogP contribution in [-0.2, 0) is 6.42 Å². The summed E-state index contributed by atoms with van der Waals surface area (Å²) in [5, 5.41) is 13.1. The Morgan fingerprint density at radius 2 is 1.93 bits per heavy atom. The van der Waals surface area contributed by atoms with Gasteiger partial charge in [-0.15, -0.1) is 0 Å². The van der Waals surface area contributed by atoms with E-state index >= 15 is 0 Å². The second-order valence-electron chi connectivity index (χ2n) is 7.11. The lowest BCUT2D eigenvalue weighted by atomic mass is 10.1. The SMILES string of the molecule is CCNC(=NCCc1ccc(O)c(OC)c1)N1CCC(Oc2ccccc2)CC1. The number of hydrogen-bond acceptors (Lipinski definition) is 4. The van der Waals surface area contributed by atoms with Crippen LogP contribution in [0.3, 0.4) is 0 Å². The summed E-state index contributed by atoms with van der Waals surface area (Å²) in [6, 6.07) is 15.5. The van der Waals surface area contributed by atoms with Crippen LogP contribution in [0, 0.1) is 0 Å². The van der Waals surface area contributed by atoms with Crippen LogP contribution in [0.4, 0.5) is 0 Å². The van der Waals surface area contributed by atoms with Crippen molar-refractivity contribution in [3.63, 3.8) is 0 Å². The quantitative estimate of drug-likeness (QED) is 0.553. The number of guanidine groups is 1. The fourth-order valence-electron chi connectivity index (χ4n) is 3.47. The van der Waals surface area contributed by atoms with Gasteiger partial charge >= 0.3 is 0 Å². The minimum absolute atomic E-state index is 0.161. The number of ether oxygens (including phenoxy) is 2. The van der Waals surface area contributed by atoms with Crippen LogP contribution in [0.15, 0.2) is 53.5 Å². The summed E-state index contributed by atoms with van der Waals surface area (Å²) in [5.74, 6) is 2.56. The van der Waals surface area contributed by atoms with Gasteiger partial charge in [-0.25, -0.2) is 0 Å². The Labute approximate surface area is 173 Å². The molecule has 156 valence electrons. The Balaban J connectivity index is 1.53. The van der Waals surface area contributed by atoms with Crippen molar-refractivity contribution in [2.45, 2.75) is 32.3 Å². The van der Waals surface area contributed by atoms with E-state index in [1.54, 1.807) is 13.2 Å². The summed E-state index contributed by atoms with van der Waals surface area (Å²) >= 11 is 0. The van der Waals surface area contributed by atoms with Crippen molar-refractivity contribution < 1.29 is 14.6 Å². The molecule has 0 radical (unpaired) electrons. The van der Waals surface area contributed by atoms with Crippen molar-refractivity contribution in [1.82, 2.24) is 10.2 Å². The van der Waals surface area contributed by atoms with Crippen molar-refractivity contribution >= 4 is 5.96 Å². The Kier molecular flexibility index (Phi) is 7.61. The average Bonchev–Trinajstić information content (AvgIpc) is 2.75. The highest BCUT2D eigenvalue weighted by Gasteiger charge is 2.22. The molecular weight excluding hydrogens is 366 g/mol.